The zero-order valence-corrected chi connectivity index (χ0v) is 10.6. The van der Waals surface area contributed by atoms with E-state index in [1.54, 1.807) is 13.0 Å². The van der Waals surface area contributed by atoms with Gasteiger partial charge in [0.15, 0.2) is 5.75 Å². The molecule has 0 spiro atoms. The van der Waals surface area contributed by atoms with Crippen LogP contribution in [0.1, 0.15) is 6.92 Å². The zero-order valence-electron chi connectivity index (χ0n) is 9.59. The Kier molecular flexibility index (Phi) is 3.19. The summed E-state index contributed by atoms with van der Waals surface area (Å²) in [6, 6.07) is 1.78. The number of carbonyl (C=O) groups is 1. The van der Waals surface area contributed by atoms with E-state index in [1.165, 1.54) is 6.26 Å². The molecule has 1 heterocycles. The normalized spacial score (nSPS) is 11.2. The summed E-state index contributed by atoms with van der Waals surface area (Å²) in [4.78, 5) is 11.2. The van der Waals surface area contributed by atoms with Crippen molar-refractivity contribution in [1.29, 1.82) is 0 Å². The first kappa shape index (κ1) is 11.8. The highest BCUT2D eigenvalue weighted by atomic mass is 28.3. The van der Waals surface area contributed by atoms with Gasteiger partial charge >= 0.3 is 5.97 Å². The smallest absolute Gasteiger partial charge is 0.338 e. The van der Waals surface area contributed by atoms with Crippen molar-refractivity contribution in [3.63, 3.8) is 0 Å². The topological polar surface area (TPSA) is 39.4 Å². The van der Waals surface area contributed by atoms with Crippen molar-refractivity contribution in [3.05, 3.63) is 24.5 Å². The van der Waals surface area contributed by atoms with Gasteiger partial charge in [-0.25, -0.2) is 4.79 Å². The predicted octanol–water partition coefficient (Wildman–Crippen LogP) is 2.31. The number of rotatable bonds is 3. The summed E-state index contributed by atoms with van der Waals surface area (Å²) >= 11 is 0. The van der Waals surface area contributed by atoms with Crippen LogP contribution in [0, 0.1) is 0 Å². The van der Waals surface area contributed by atoms with Gasteiger partial charge in [-0.2, -0.15) is 0 Å². The van der Waals surface area contributed by atoms with Crippen molar-refractivity contribution >= 4 is 19.4 Å². The van der Waals surface area contributed by atoms with Crippen molar-refractivity contribution < 1.29 is 13.9 Å². The van der Waals surface area contributed by atoms with E-state index in [0.717, 1.165) is 5.38 Å². The third kappa shape index (κ3) is 3.09. The predicted molar refractivity (Wildman–Crippen MR) is 62.1 cm³/mol. The van der Waals surface area contributed by atoms with Crippen LogP contribution in [0.2, 0.25) is 19.6 Å². The Labute approximate surface area is 90.7 Å². The third-order valence-electron chi connectivity index (χ3n) is 1.87. The maximum absolute atomic E-state index is 11.2. The maximum atomic E-state index is 11.2. The van der Waals surface area contributed by atoms with Gasteiger partial charge in [-0.15, -0.1) is 0 Å². The molecule has 82 valence electrons. The highest BCUT2D eigenvalue weighted by molar-refractivity contribution is 6.87. The van der Waals surface area contributed by atoms with E-state index in [-0.39, 0.29) is 0 Å². The molecule has 0 amide bonds. The van der Waals surface area contributed by atoms with E-state index in [2.05, 4.69) is 26.2 Å². The summed E-state index contributed by atoms with van der Waals surface area (Å²) in [5.41, 5.74) is 0.380. The van der Waals surface area contributed by atoms with Crippen LogP contribution >= 0.6 is 0 Å². The first-order valence-corrected chi connectivity index (χ1v) is 8.27. The lowest BCUT2D eigenvalue weighted by Crippen LogP contribution is -2.36. The number of furan rings is 1. The Morgan fingerprint density at radius 2 is 2.07 bits per heavy atom. The minimum Gasteiger partial charge on any atom is -0.470 e. The molecule has 0 unspecified atom stereocenters. The molecule has 1 rings (SSSR count). The standard InChI is InChI=1S/C11H16O3Si/c1-8(2)11(12)14-9-6-10(13-7-9)15(3,4)5/h6-7H,1H2,2-5H3. The number of hydrogen-bond donors (Lipinski definition) is 0. The molecule has 0 aromatic carbocycles. The Hall–Kier alpha value is -1.29. The monoisotopic (exact) mass is 224 g/mol. The number of esters is 1. The average Bonchev–Trinajstić information content (AvgIpc) is 2.51. The van der Waals surface area contributed by atoms with Gasteiger partial charge in [-0.1, -0.05) is 26.2 Å². The molecule has 4 heteroatoms. The average molecular weight is 224 g/mol. The maximum Gasteiger partial charge on any atom is 0.338 e. The summed E-state index contributed by atoms with van der Waals surface area (Å²) in [7, 11) is -1.47. The Morgan fingerprint density at radius 3 is 2.47 bits per heavy atom. The highest BCUT2D eigenvalue weighted by Gasteiger charge is 2.22. The molecule has 0 saturated heterocycles. The molecule has 3 nitrogen and oxygen atoms in total. The van der Waals surface area contributed by atoms with E-state index < -0.39 is 14.0 Å². The summed E-state index contributed by atoms with van der Waals surface area (Å²) in [5, 5.41) is 0.923. The molecule has 0 saturated carbocycles. The van der Waals surface area contributed by atoms with Crippen molar-refractivity contribution in [1.82, 2.24) is 0 Å². The van der Waals surface area contributed by atoms with Crippen molar-refractivity contribution in [2.24, 2.45) is 0 Å². The molecule has 1 aromatic rings. The van der Waals surface area contributed by atoms with Gasteiger partial charge in [0.05, 0.1) is 5.38 Å². The summed E-state index contributed by atoms with van der Waals surface area (Å²) in [6.07, 6.45) is 1.47. The van der Waals surface area contributed by atoms with E-state index in [1.807, 2.05) is 0 Å². The summed E-state index contributed by atoms with van der Waals surface area (Å²) in [6.45, 7) is 11.6. The Morgan fingerprint density at radius 1 is 1.47 bits per heavy atom. The first-order chi connectivity index (χ1) is 6.80. The number of hydrogen-bond acceptors (Lipinski definition) is 3. The molecule has 0 radical (unpaired) electrons. The van der Waals surface area contributed by atoms with Crippen molar-refractivity contribution in [3.8, 4) is 5.75 Å². The fourth-order valence-electron chi connectivity index (χ4n) is 0.960. The number of carbonyl (C=O) groups excluding carboxylic acids is 1. The Balaban J connectivity index is 2.78. The van der Waals surface area contributed by atoms with E-state index in [4.69, 9.17) is 9.15 Å². The van der Waals surface area contributed by atoms with Gasteiger partial charge in [0.1, 0.15) is 14.3 Å². The molecule has 15 heavy (non-hydrogen) atoms. The SMILES string of the molecule is C=C(C)C(=O)Oc1coc([Si](C)(C)C)c1. The van der Waals surface area contributed by atoms with E-state index in [9.17, 15) is 4.79 Å². The zero-order chi connectivity index (χ0) is 11.6. The first-order valence-electron chi connectivity index (χ1n) is 4.77. The molecule has 0 bridgehead atoms. The molecule has 0 fully saturated rings. The third-order valence-corrected chi connectivity index (χ3v) is 3.61. The van der Waals surface area contributed by atoms with Crippen molar-refractivity contribution in [2.45, 2.75) is 26.6 Å². The Bertz CT molecular complexity index is 385. The van der Waals surface area contributed by atoms with E-state index in [0.29, 0.717) is 11.3 Å². The minimum atomic E-state index is -1.47. The minimum absolute atomic E-state index is 0.380. The summed E-state index contributed by atoms with van der Waals surface area (Å²) < 4.78 is 10.4. The molecule has 0 aliphatic carbocycles. The van der Waals surface area contributed by atoms with Gasteiger partial charge in [0.2, 0.25) is 0 Å². The molecular formula is C11H16O3Si. The second kappa shape index (κ2) is 4.06. The largest absolute Gasteiger partial charge is 0.470 e. The van der Waals surface area contributed by atoms with Crippen LogP contribution < -0.4 is 10.1 Å². The second-order valence-electron chi connectivity index (χ2n) is 4.57. The van der Waals surface area contributed by atoms with E-state index >= 15 is 0 Å². The van der Waals surface area contributed by atoms with Crippen LogP contribution in [0.5, 0.6) is 5.75 Å². The van der Waals surface area contributed by atoms with Crippen LogP contribution in [0.4, 0.5) is 0 Å². The van der Waals surface area contributed by atoms with Gasteiger partial charge in [-0.05, 0) is 6.92 Å². The van der Waals surface area contributed by atoms with Gasteiger partial charge in [0.25, 0.3) is 0 Å². The fraction of sp³-hybridized carbons (Fsp3) is 0.364. The summed E-state index contributed by atoms with van der Waals surface area (Å²) in [5.74, 6) is 0.0401. The molecule has 0 N–H and O–H groups in total. The van der Waals surface area contributed by atoms with Gasteiger partial charge in [-0.3, -0.25) is 0 Å². The molecule has 1 aromatic heterocycles. The lowest BCUT2D eigenvalue weighted by molar-refractivity contribution is -0.130. The molecule has 0 aliphatic heterocycles. The van der Waals surface area contributed by atoms with Crippen LogP contribution in [-0.4, -0.2) is 14.0 Å². The highest BCUT2D eigenvalue weighted by Crippen LogP contribution is 2.14. The van der Waals surface area contributed by atoms with Crippen molar-refractivity contribution in [2.75, 3.05) is 0 Å². The van der Waals surface area contributed by atoms with Gasteiger partial charge < -0.3 is 9.15 Å². The fourth-order valence-corrected chi connectivity index (χ4v) is 1.95. The lowest BCUT2D eigenvalue weighted by Gasteiger charge is -2.10. The van der Waals surface area contributed by atoms with Crippen LogP contribution in [0.15, 0.2) is 28.9 Å². The van der Waals surface area contributed by atoms with Gasteiger partial charge in [0, 0.05) is 11.6 Å². The number of ether oxygens (including phenoxy) is 1. The van der Waals surface area contributed by atoms with Crippen LogP contribution in [-0.2, 0) is 4.79 Å². The second-order valence-corrected chi connectivity index (χ2v) is 9.56. The van der Waals surface area contributed by atoms with Crippen LogP contribution in [0.25, 0.3) is 0 Å². The molecular weight excluding hydrogens is 208 g/mol. The molecule has 0 aliphatic rings. The lowest BCUT2D eigenvalue weighted by atomic mass is 10.4. The quantitative estimate of drug-likeness (QED) is 0.449. The van der Waals surface area contributed by atoms with Crippen LogP contribution in [0.3, 0.4) is 0 Å². The molecule has 0 atom stereocenters.